The van der Waals surface area contributed by atoms with Crippen molar-refractivity contribution < 1.29 is 14.3 Å². The summed E-state index contributed by atoms with van der Waals surface area (Å²) < 4.78 is 10.2. The Balaban J connectivity index is 1.80. The fourth-order valence-electron chi connectivity index (χ4n) is 2.58. The first kappa shape index (κ1) is 14.9. The summed E-state index contributed by atoms with van der Waals surface area (Å²) in [5.41, 5.74) is 1.28. The van der Waals surface area contributed by atoms with E-state index in [0.717, 1.165) is 38.2 Å². The predicted octanol–water partition coefficient (Wildman–Crippen LogP) is 2.47. The summed E-state index contributed by atoms with van der Waals surface area (Å²) in [6.45, 7) is 5.17. The molecule has 0 radical (unpaired) electrons. The lowest BCUT2D eigenvalue weighted by molar-refractivity contribution is -0.149. The average molecular weight is 277 g/mol. The number of carbonyl (C=O) groups is 1. The van der Waals surface area contributed by atoms with Crippen LogP contribution in [0.3, 0.4) is 0 Å². The molecule has 110 valence electrons. The highest BCUT2D eigenvalue weighted by molar-refractivity contribution is 5.72. The van der Waals surface area contributed by atoms with E-state index in [2.05, 4.69) is 17.0 Å². The van der Waals surface area contributed by atoms with Gasteiger partial charge in [-0.15, -0.1) is 0 Å². The zero-order chi connectivity index (χ0) is 14.4. The number of methoxy groups -OCH3 is 1. The lowest BCUT2D eigenvalue weighted by atomic mass is 9.96. The number of ether oxygens (including phenoxy) is 2. The topological polar surface area (TPSA) is 38.8 Å². The van der Waals surface area contributed by atoms with E-state index < -0.39 is 0 Å². The van der Waals surface area contributed by atoms with Crippen LogP contribution < -0.4 is 4.74 Å². The molecule has 0 spiro atoms. The lowest BCUT2D eigenvalue weighted by Crippen LogP contribution is -2.36. The van der Waals surface area contributed by atoms with Gasteiger partial charge in [0.1, 0.15) is 5.75 Å². The zero-order valence-electron chi connectivity index (χ0n) is 12.3. The molecule has 4 nitrogen and oxygen atoms in total. The first-order valence-corrected chi connectivity index (χ1v) is 7.25. The van der Waals surface area contributed by atoms with Crippen molar-refractivity contribution in [3.05, 3.63) is 29.8 Å². The van der Waals surface area contributed by atoms with Gasteiger partial charge in [0, 0.05) is 6.54 Å². The first-order chi connectivity index (χ1) is 9.72. The third kappa shape index (κ3) is 3.97. The van der Waals surface area contributed by atoms with Gasteiger partial charge in [-0.2, -0.15) is 0 Å². The van der Waals surface area contributed by atoms with Gasteiger partial charge in [-0.1, -0.05) is 12.1 Å². The Hall–Kier alpha value is -1.55. The van der Waals surface area contributed by atoms with E-state index >= 15 is 0 Å². The molecule has 1 aromatic carbocycles. The minimum Gasteiger partial charge on any atom is -0.497 e. The Morgan fingerprint density at radius 2 is 1.90 bits per heavy atom. The monoisotopic (exact) mass is 277 g/mol. The number of piperidine rings is 1. The van der Waals surface area contributed by atoms with Crippen molar-refractivity contribution in [1.29, 1.82) is 0 Å². The van der Waals surface area contributed by atoms with Crippen LogP contribution in [-0.2, 0) is 16.1 Å². The molecule has 2 rings (SSSR count). The van der Waals surface area contributed by atoms with Crippen LogP contribution in [0, 0.1) is 5.92 Å². The third-order valence-corrected chi connectivity index (χ3v) is 3.77. The minimum absolute atomic E-state index is 0.0309. The number of hydrogen-bond acceptors (Lipinski definition) is 4. The van der Waals surface area contributed by atoms with Crippen LogP contribution in [0.1, 0.15) is 25.3 Å². The molecule has 20 heavy (non-hydrogen) atoms. The van der Waals surface area contributed by atoms with Crippen LogP contribution >= 0.6 is 0 Å². The molecule has 0 aromatic heterocycles. The summed E-state index contributed by atoms with van der Waals surface area (Å²) in [4.78, 5) is 14.1. The van der Waals surface area contributed by atoms with Gasteiger partial charge in [0.15, 0.2) is 0 Å². The highest BCUT2D eigenvalue weighted by Crippen LogP contribution is 2.21. The standard InChI is InChI=1S/C16H23NO3/c1-3-20-16(18)14-8-10-17(11-9-14)12-13-4-6-15(19-2)7-5-13/h4-7,14H,3,8-12H2,1-2H3. The maximum atomic E-state index is 11.7. The number of likely N-dealkylation sites (tertiary alicyclic amines) is 1. The van der Waals surface area contributed by atoms with E-state index in [1.165, 1.54) is 5.56 Å². The van der Waals surface area contributed by atoms with Gasteiger partial charge in [0.2, 0.25) is 0 Å². The number of benzene rings is 1. The Morgan fingerprint density at radius 1 is 1.25 bits per heavy atom. The highest BCUT2D eigenvalue weighted by Gasteiger charge is 2.25. The Morgan fingerprint density at radius 3 is 2.45 bits per heavy atom. The van der Waals surface area contributed by atoms with Crippen LogP contribution in [0.25, 0.3) is 0 Å². The number of nitrogens with zero attached hydrogens (tertiary/aromatic N) is 1. The van der Waals surface area contributed by atoms with Crippen LogP contribution in [0.15, 0.2) is 24.3 Å². The van der Waals surface area contributed by atoms with Gasteiger partial charge in [0.05, 0.1) is 19.6 Å². The molecule has 0 bridgehead atoms. The maximum absolute atomic E-state index is 11.7. The second kappa shape index (κ2) is 7.29. The van der Waals surface area contributed by atoms with Crippen molar-refractivity contribution >= 4 is 5.97 Å². The summed E-state index contributed by atoms with van der Waals surface area (Å²) in [6, 6.07) is 8.16. The first-order valence-electron chi connectivity index (χ1n) is 7.25. The quantitative estimate of drug-likeness (QED) is 0.775. The second-order valence-electron chi connectivity index (χ2n) is 5.15. The largest absolute Gasteiger partial charge is 0.497 e. The van der Waals surface area contributed by atoms with Crippen LogP contribution in [0.4, 0.5) is 0 Å². The van der Waals surface area contributed by atoms with Crippen molar-refractivity contribution in [2.45, 2.75) is 26.3 Å². The molecule has 1 aromatic rings. The molecule has 1 aliphatic heterocycles. The van der Waals surface area contributed by atoms with E-state index in [1.54, 1.807) is 7.11 Å². The van der Waals surface area contributed by atoms with Gasteiger partial charge in [-0.05, 0) is 50.6 Å². The molecule has 1 fully saturated rings. The third-order valence-electron chi connectivity index (χ3n) is 3.77. The van der Waals surface area contributed by atoms with Gasteiger partial charge in [-0.3, -0.25) is 9.69 Å². The average Bonchev–Trinajstić information content (AvgIpc) is 2.49. The van der Waals surface area contributed by atoms with Gasteiger partial charge >= 0.3 is 5.97 Å². The second-order valence-corrected chi connectivity index (χ2v) is 5.15. The van der Waals surface area contributed by atoms with Crippen molar-refractivity contribution in [1.82, 2.24) is 4.90 Å². The predicted molar refractivity (Wildman–Crippen MR) is 77.6 cm³/mol. The summed E-state index contributed by atoms with van der Waals surface area (Å²) in [7, 11) is 1.68. The molecular formula is C16H23NO3. The maximum Gasteiger partial charge on any atom is 0.309 e. The molecule has 1 saturated heterocycles. The lowest BCUT2D eigenvalue weighted by Gasteiger charge is -2.30. The van der Waals surface area contributed by atoms with E-state index in [0.29, 0.717) is 6.61 Å². The van der Waals surface area contributed by atoms with E-state index in [1.807, 2.05) is 19.1 Å². The summed E-state index contributed by atoms with van der Waals surface area (Å²) in [6.07, 6.45) is 1.80. The summed E-state index contributed by atoms with van der Waals surface area (Å²) in [5.74, 6) is 0.938. The number of hydrogen-bond donors (Lipinski definition) is 0. The van der Waals surface area contributed by atoms with Crippen molar-refractivity contribution in [3.8, 4) is 5.75 Å². The smallest absolute Gasteiger partial charge is 0.309 e. The Labute approximate surface area is 120 Å². The molecule has 0 amide bonds. The van der Waals surface area contributed by atoms with Gasteiger partial charge < -0.3 is 9.47 Å². The SMILES string of the molecule is CCOC(=O)C1CCN(Cc2ccc(OC)cc2)CC1. The van der Waals surface area contributed by atoms with Crippen LogP contribution in [0.5, 0.6) is 5.75 Å². The molecule has 0 unspecified atom stereocenters. The molecule has 0 atom stereocenters. The normalized spacial score (nSPS) is 16.9. The summed E-state index contributed by atoms with van der Waals surface area (Å²) in [5, 5.41) is 0. The van der Waals surface area contributed by atoms with E-state index in [4.69, 9.17) is 9.47 Å². The Bertz CT molecular complexity index is 422. The van der Waals surface area contributed by atoms with Crippen LogP contribution in [-0.4, -0.2) is 37.7 Å². The van der Waals surface area contributed by atoms with Gasteiger partial charge in [0.25, 0.3) is 0 Å². The van der Waals surface area contributed by atoms with Crippen molar-refractivity contribution in [2.75, 3.05) is 26.8 Å². The fourth-order valence-corrected chi connectivity index (χ4v) is 2.58. The molecule has 1 heterocycles. The molecule has 4 heteroatoms. The van der Waals surface area contributed by atoms with Crippen molar-refractivity contribution in [2.24, 2.45) is 5.92 Å². The number of carbonyl (C=O) groups excluding carboxylic acids is 1. The molecule has 0 N–H and O–H groups in total. The van der Waals surface area contributed by atoms with Gasteiger partial charge in [-0.25, -0.2) is 0 Å². The van der Waals surface area contributed by atoms with Crippen molar-refractivity contribution in [3.63, 3.8) is 0 Å². The minimum atomic E-state index is -0.0309. The molecule has 1 aliphatic rings. The molecule has 0 aliphatic carbocycles. The Kier molecular flexibility index (Phi) is 5.41. The van der Waals surface area contributed by atoms with E-state index in [-0.39, 0.29) is 11.9 Å². The molecular weight excluding hydrogens is 254 g/mol. The van der Waals surface area contributed by atoms with E-state index in [9.17, 15) is 4.79 Å². The highest BCUT2D eigenvalue weighted by atomic mass is 16.5. The number of esters is 1. The van der Waals surface area contributed by atoms with Crippen LogP contribution in [0.2, 0.25) is 0 Å². The fraction of sp³-hybridized carbons (Fsp3) is 0.562. The summed E-state index contributed by atoms with van der Waals surface area (Å²) >= 11 is 0. The molecule has 0 saturated carbocycles. The zero-order valence-corrected chi connectivity index (χ0v) is 12.3. The number of rotatable bonds is 5.